The van der Waals surface area contributed by atoms with E-state index >= 15 is 0 Å². The molecular weight excluding hydrogens is 274 g/mol. The van der Waals surface area contributed by atoms with Gasteiger partial charge in [0.25, 0.3) is 5.91 Å². The van der Waals surface area contributed by atoms with Crippen molar-refractivity contribution in [2.45, 2.75) is 45.6 Å². The van der Waals surface area contributed by atoms with E-state index in [4.69, 9.17) is 0 Å². The van der Waals surface area contributed by atoms with Gasteiger partial charge in [-0.2, -0.15) is 0 Å². The first-order valence-corrected chi connectivity index (χ1v) is 8.12. The summed E-state index contributed by atoms with van der Waals surface area (Å²) < 4.78 is 2.01. The van der Waals surface area contributed by atoms with Crippen molar-refractivity contribution < 1.29 is 4.79 Å². The summed E-state index contributed by atoms with van der Waals surface area (Å²) in [7, 11) is 0. The van der Waals surface area contributed by atoms with Crippen LogP contribution in [-0.4, -0.2) is 22.0 Å². The summed E-state index contributed by atoms with van der Waals surface area (Å²) in [6.45, 7) is 3.76. The van der Waals surface area contributed by atoms with E-state index in [1.54, 1.807) is 12.5 Å². The minimum atomic E-state index is 0.00531. The average Bonchev–Trinajstić information content (AvgIpc) is 3.06. The van der Waals surface area contributed by atoms with Gasteiger partial charge in [0.2, 0.25) is 0 Å². The number of rotatable bonds is 9. The van der Waals surface area contributed by atoms with E-state index < -0.39 is 0 Å². The number of aromatic nitrogens is 2. The highest BCUT2D eigenvalue weighted by molar-refractivity contribution is 5.94. The van der Waals surface area contributed by atoms with Crippen LogP contribution >= 0.6 is 0 Å². The largest absolute Gasteiger partial charge is 0.352 e. The molecule has 0 aliphatic heterocycles. The van der Waals surface area contributed by atoms with Crippen LogP contribution in [0.15, 0.2) is 43.0 Å². The van der Waals surface area contributed by atoms with Gasteiger partial charge in [-0.05, 0) is 37.0 Å². The van der Waals surface area contributed by atoms with Gasteiger partial charge < -0.3 is 9.88 Å². The van der Waals surface area contributed by atoms with Gasteiger partial charge in [-0.25, -0.2) is 4.98 Å². The van der Waals surface area contributed by atoms with Gasteiger partial charge >= 0.3 is 0 Å². The van der Waals surface area contributed by atoms with E-state index in [1.165, 1.54) is 24.8 Å². The first-order chi connectivity index (χ1) is 10.8. The molecule has 0 aliphatic carbocycles. The standard InChI is InChI=1S/C18H25N3O/c1-2-3-4-6-16-7-9-17(10-8-16)18(22)20-11-5-13-21-14-12-19-15-21/h7-10,12,14-15H,2-6,11,13H2,1H3,(H,20,22). The van der Waals surface area contributed by atoms with Crippen LogP contribution in [0.5, 0.6) is 0 Å². The van der Waals surface area contributed by atoms with E-state index in [0.29, 0.717) is 6.54 Å². The van der Waals surface area contributed by atoms with Gasteiger partial charge in [-0.3, -0.25) is 4.79 Å². The lowest BCUT2D eigenvalue weighted by Gasteiger charge is -2.07. The van der Waals surface area contributed by atoms with Crippen molar-refractivity contribution in [1.82, 2.24) is 14.9 Å². The number of nitrogens with zero attached hydrogens (tertiary/aromatic N) is 2. The van der Waals surface area contributed by atoms with Gasteiger partial charge in [-0.15, -0.1) is 0 Å². The number of hydrogen-bond donors (Lipinski definition) is 1. The average molecular weight is 299 g/mol. The third-order valence-corrected chi connectivity index (χ3v) is 3.72. The molecule has 4 heteroatoms. The highest BCUT2D eigenvalue weighted by atomic mass is 16.1. The fraction of sp³-hybridized carbons (Fsp3) is 0.444. The fourth-order valence-corrected chi connectivity index (χ4v) is 2.39. The highest BCUT2D eigenvalue weighted by Gasteiger charge is 2.04. The SMILES string of the molecule is CCCCCc1ccc(C(=O)NCCCn2ccnc2)cc1. The zero-order valence-electron chi connectivity index (χ0n) is 13.3. The predicted octanol–water partition coefficient (Wildman–Crippen LogP) is 3.44. The molecule has 1 aromatic carbocycles. The molecule has 1 heterocycles. The summed E-state index contributed by atoms with van der Waals surface area (Å²) >= 11 is 0. The zero-order valence-corrected chi connectivity index (χ0v) is 13.3. The number of benzene rings is 1. The molecule has 2 aromatic rings. The Labute approximate surface area is 132 Å². The Morgan fingerprint density at radius 3 is 2.68 bits per heavy atom. The molecule has 0 fully saturated rings. The van der Waals surface area contributed by atoms with Crippen LogP contribution in [-0.2, 0) is 13.0 Å². The molecule has 0 saturated carbocycles. The van der Waals surface area contributed by atoms with E-state index in [1.807, 2.05) is 22.9 Å². The van der Waals surface area contributed by atoms with Crippen molar-refractivity contribution in [3.63, 3.8) is 0 Å². The number of imidazole rings is 1. The van der Waals surface area contributed by atoms with Crippen molar-refractivity contribution >= 4 is 5.91 Å². The number of amides is 1. The number of carbonyl (C=O) groups excluding carboxylic acids is 1. The van der Waals surface area contributed by atoms with Crippen LogP contribution in [0.3, 0.4) is 0 Å². The van der Waals surface area contributed by atoms with Crippen molar-refractivity contribution in [3.8, 4) is 0 Å². The predicted molar refractivity (Wildman–Crippen MR) is 88.8 cm³/mol. The molecule has 4 nitrogen and oxygen atoms in total. The van der Waals surface area contributed by atoms with E-state index in [-0.39, 0.29) is 5.91 Å². The molecule has 1 N–H and O–H groups in total. The highest BCUT2D eigenvalue weighted by Crippen LogP contribution is 2.09. The van der Waals surface area contributed by atoms with Gasteiger partial charge in [0.15, 0.2) is 0 Å². The maximum atomic E-state index is 12.0. The zero-order chi connectivity index (χ0) is 15.6. The van der Waals surface area contributed by atoms with Crippen molar-refractivity contribution in [2.75, 3.05) is 6.54 Å². The normalized spacial score (nSPS) is 10.6. The Hall–Kier alpha value is -2.10. The van der Waals surface area contributed by atoms with Crippen LogP contribution in [0, 0.1) is 0 Å². The minimum Gasteiger partial charge on any atom is -0.352 e. The molecule has 0 spiro atoms. The molecule has 118 valence electrons. The summed E-state index contributed by atoms with van der Waals surface area (Å²) in [5.41, 5.74) is 2.05. The molecule has 1 aromatic heterocycles. The fourth-order valence-electron chi connectivity index (χ4n) is 2.39. The van der Waals surface area contributed by atoms with Gasteiger partial charge in [0, 0.05) is 31.0 Å². The molecule has 0 bridgehead atoms. The van der Waals surface area contributed by atoms with Crippen LogP contribution in [0.1, 0.15) is 48.5 Å². The first kappa shape index (κ1) is 16.3. The molecule has 0 unspecified atom stereocenters. The van der Waals surface area contributed by atoms with Crippen molar-refractivity contribution in [1.29, 1.82) is 0 Å². The van der Waals surface area contributed by atoms with Gasteiger partial charge in [-0.1, -0.05) is 31.9 Å². The smallest absolute Gasteiger partial charge is 0.251 e. The molecule has 2 rings (SSSR count). The number of hydrogen-bond acceptors (Lipinski definition) is 2. The maximum Gasteiger partial charge on any atom is 0.251 e. The molecular formula is C18H25N3O. The van der Waals surface area contributed by atoms with Gasteiger partial charge in [0.05, 0.1) is 6.33 Å². The Morgan fingerprint density at radius 2 is 2.00 bits per heavy atom. The van der Waals surface area contributed by atoms with E-state index in [9.17, 15) is 4.79 Å². The van der Waals surface area contributed by atoms with Crippen LogP contribution in [0.2, 0.25) is 0 Å². The second-order valence-electron chi connectivity index (χ2n) is 5.56. The second kappa shape index (κ2) is 9.03. The molecule has 0 saturated heterocycles. The number of carbonyl (C=O) groups is 1. The van der Waals surface area contributed by atoms with E-state index in [2.05, 4.69) is 29.4 Å². The molecule has 0 radical (unpaired) electrons. The third-order valence-electron chi connectivity index (χ3n) is 3.72. The molecule has 0 aliphatic rings. The van der Waals surface area contributed by atoms with Crippen LogP contribution in [0.25, 0.3) is 0 Å². The molecule has 1 amide bonds. The third kappa shape index (κ3) is 5.35. The molecule has 22 heavy (non-hydrogen) atoms. The maximum absolute atomic E-state index is 12.0. The summed E-state index contributed by atoms with van der Waals surface area (Å²) in [4.78, 5) is 16.0. The Morgan fingerprint density at radius 1 is 1.18 bits per heavy atom. The number of aryl methyl sites for hydroxylation is 2. The van der Waals surface area contributed by atoms with Crippen molar-refractivity contribution in [3.05, 3.63) is 54.1 Å². The second-order valence-corrected chi connectivity index (χ2v) is 5.56. The summed E-state index contributed by atoms with van der Waals surface area (Å²) in [5.74, 6) is 0.00531. The summed E-state index contributed by atoms with van der Waals surface area (Å²) in [5, 5.41) is 2.96. The number of unbranched alkanes of at least 4 members (excludes halogenated alkanes) is 2. The van der Waals surface area contributed by atoms with Gasteiger partial charge in [0.1, 0.15) is 0 Å². The quantitative estimate of drug-likeness (QED) is 0.721. The Balaban J connectivity index is 1.70. The monoisotopic (exact) mass is 299 g/mol. The van der Waals surface area contributed by atoms with Crippen LogP contribution < -0.4 is 5.32 Å². The lowest BCUT2D eigenvalue weighted by atomic mass is 10.1. The summed E-state index contributed by atoms with van der Waals surface area (Å²) in [6.07, 6.45) is 11.2. The minimum absolute atomic E-state index is 0.00531. The Bertz CT molecular complexity index is 546. The number of nitrogens with one attached hydrogen (secondary N) is 1. The Kier molecular flexibility index (Phi) is 6.68. The topological polar surface area (TPSA) is 46.9 Å². The van der Waals surface area contributed by atoms with E-state index in [0.717, 1.165) is 24.9 Å². The summed E-state index contributed by atoms with van der Waals surface area (Å²) in [6, 6.07) is 7.98. The first-order valence-electron chi connectivity index (χ1n) is 8.12. The lowest BCUT2D eigenvalue weighted by molar-refractivity contribution is 0.0952. The van der Waals surface area contributed by atoms with Crippen molar-refractivity contribution in [2.24, 2.45) is 0 Å². The van der Waals surface area contributed by atoms with Crippen LogP contribution in [0.4, 0.5) is 0 Å². The lowest BCUT2D eigenvalue weighted by Crippen LogP contribution is -2.25. The molecule has 0 atom stereocenters.